The molecule has 0 aliphatic rings. The van der Waals surface area contributed by atoms with E-state index in [1.807, 2.05) is 22.5 Å². The molecule has 0 radical (unpaired) electrons. The van der Waals surface area contributed by atoms with Crippen molar-refractivity contribution in [3.8, 4) is 0 Å². The Morgan fingerprint density at radius 1 is 1.27 bits per heavy atom. The van der Waals surface area contributed by atoms with Crippen LogP contribution >= 0.6 is 0 Å². The van der Waals surface area contributed by atoms with Crippen LogP contribution in [0.4, 0.5) is 0 Å². The summed E-state index contributed by atoms with van der Waals surface area (Å²) < 4.78 is 3.87. The van der Waals surface area contributed by atoms with Gasteiger partial charge in [0.15, 0.2) is 0 Å². The summed E-state index contributed by atoms with van der Waals surface area (Å²) in [6, 6.07) is 0.570. The van der Waals surface area contributed by atoms with Gasteiger partial charge >= 0.3 is 0 Å². The standard InChI is InChI=1S/C16H27N5O/c1-11-8-18-21(10-11)14(4)12(2)17-9-16-13(3)19-20(6-7-22)15(16)5/h8,10,12,14,17,22H,6-7,9H2,1-5H3/t12-,14+/m1/s1. The number of hydrogen-bond acceptors (Lipinski definition) is 4. The molecule has 2 atom stereocenters. The fourth-order valence-electron chi connectivity index (χ4n) is 2.62. The molecular formula is C16H27N5O. The molecule has 0 amide bonds. The van der Waals surface area contributed by atoms with Gasteiger partial charge in [-0.1, -0.05) is 0 Å². The van der Waals surface area contributed by atoms with Crippen LogP contribution in [0.15, 0.2) is 12.4 Å². The number of rotatable bonds is 7. The van der Waals surface area contributed by atoms with Crippen molar-refractivity contribution in [2.75, 3.05) is 6.61 Å². The van der Waals surface area contributed by atoms with Crippen molar-refractivity contribution >= 4 is 0 Å². The second-order valence-electron chi connectivity index (χ2n) is 6.00. The lowest BCUT2D eigenvalue weighted by molar-refractivity contribution is 0.267. The van der Waals surface area contributed by atoms with E-state index in [1.54, 1.807) is 0 Å². The molecule has 2 rings (SSSR count). The summed E-state index contributed by atoms with van der Waals surface area (Å²) in [6.45, 7) is 11.9. The summed E-state index contributed by atoms with van der Waals surface area (Å²) in [5, 5.41) is 21.5. The van der Waals surface area contributed by atoms with Crippen molar-refractivity contribution in [1.82, 2.24) is 24.9 Å². The molecule has 0 fully saturated rings. The Morgan fingerprint density at radius 3 is 2.59 bits per heavy atom. The van der Waals surface area contributed by atoms with E-state index < -0.39 is 0 Å². The lowest BCUT2D eigenvalue weighted by Crippen LogP contribution is -2.33. The van der Waals surface area contributed by atoms with E-state index in [-0.39, 0.29) is 12.6 Å². The first kappa shape index (κ1) is 16.7. The Labute approximate surface area is 132 Å². The Kier molecular flexibility index (Phi) is 5.37. The van der Waals surface area contributed by atoms with Gasteiger partial charge in [-0.3, -0.25) is 9.36 Å². The quantitative estimate of drug-likeness (QED) is 0.817. The molecule has 0 aromatic carbocycles. The monoisotopic (exact) mass is 305 g/mol. The van der Waals surface area contributed by atoms with Gasteiger partial charge in [0.2, 0.25) is 0 Å². The van der Waals surface area contributed by atoms with Gasteiger partial charge in [0.05, 0.1) is 31.1 Å². The van der Waals surface area contributed by atoms with E-state index in [0.717, 1.165) is 17.9 Å². The highest BCUT2D eigenvalue weighted by atomic mass is 16.3. The number of aromatic nitrogens is 4. The van der Waals surface area contributed by atoms with Crippen LogP contribution in [0, 0.1) is 20.8 Å². The molecule has 2 aromatic heterocycles. The van der Waals surface area contributed by atoms with Crippen LogP contribution in [-0.2, 0) is 13.1 Å². The van der Waals surface area contributed by atoms with E-state index in [2.05, 4.69) is 49.4 Å². The van der Waals surface area contributed by atoms with Gasteiger partial charge in [0.25, 0.3) is 0 Å². The third kappa shape index (κ3) is 3.56. The maximum absolute atomic E-state index is 9.08. The second kappa shape index (κ2) is 7.07. The van der Waals surface area contributed by atoms with Crippen molar-refractivity contribution < 1.29 is 5.11 Å². The van der Waals surface area contributed by atoms with E-state index in [0.29, 0.717) is 12.6 Å². The lowest BCUT2D eigenvalue weighted by Gasteiger charge is -2.22. The lowest BCUT2D eigenvalue weighted by atomic mass is 10.1. The van der Waals surface area contributed by atoms with Crippen molar-refractivity contribution in [2.24, 2.45) is 0 Å². The number of aliphatic hydroxyl groups excluding tert-OH is 1. The molecule has 22 heavy (non-hydrogen) atoms. The van der Waals surface area contributed by atoms with Gasteiger partial charge in [-0.25, -0.2) is 0 Å². The first-order valence-corrected chi connectivity index (χ1v) is 7.82. The van der Waals surface area contributed by atoms with Crippen LogP contribution in [0.1, 0.15) is 42.4 Å². The Morgan fingerprint density at radius 2 is 2.00 bits per heavy atom. The van der Waals surface area contributed by atoms with Gasteiger partial charge in [0, 0.05) is 30.0 Å². The third-order valence-electron chi connectivity index (χ3n) is 4.32. The summed E-state index contributed by atoms with van der Waals surface area (Å²) >= 11 is 0. The number of aryl methyl sites for hydroxylation is 2. The van der Waals surface area contributed by atoms with Crippen LogP contribution < -0.4 is 5.32 Å². The SMILES string of the molecule is Cc1cnn([C@@H](C)[C@@H](C)NCc2c(C)nn(CCO)c2C)c1. The normalized spacial score (nSPS) is 14.3. The highest BCUT2D eigenvalue weighted by molar-refractivity contribution is 5.24. The van der Waals surface area contributed by atoms with Crippen LogP contribution in [0.5, 0.6) is 0 Å². The van der Waals surface area contributed by atoms with E-state index in [9.17, 15) is 0 Å². The number of aliphatic hydroxyl groups is 1. The minimum atomic E-state index is 0.112. The molecule has 0 saturated carbocycles. The van der Waals surface area contributed by atoms with Gasteiger partial charge in [-0.15, -0.1) is 0 Å². The molecule has 2 aromatic rings. The molecule has 6 heteroatoms. The molecule has 0 saturated heterocycles. The van der Waals surface area contributed by atoms with Gasteiger partial charge in [-0.2, -0.15) is 10.2 Å². The molecule has 0 unspecified atom stereocenters. The molecule has 6 nitrogen and oxygen atoms in total. The zero-order chi connectivity index (χ0) is 16.3. The van der Waals surface area contributed by atoms with Crippen molar-refractivity contribution in [1.29, 1.82) is 0 Å². The topological polar surface area (TPSA) is 67.9 Å². The van der Waals surface area contributed by atoms with Gasteiger partial charge in [0.1, 0.15) is 0 Å². The van der Waals surface area contributed by atoms with Crippen LogP contribution in [-0.4, -0.2) is 37.3 Å². The highest BCUT2D eigenvalue weighted by Crippen LogP contribution is 2.15. The van der Waals surface area contributed by atoms with E-state index in [1.165, 1.54) is 11.1 Å². The maximum atomic E-state index is 9.08. The zero-order valence-corrected chi connectivity index (χ0v) is 14.2. The Bertz CT molecular complexity index is 616. The summed E-state index contributed by atoms with van der Waals surface area (Å²) in [5.74, 6) is 0. The zero-order valence-electron chi connectivity index (χ0n) is 14.2. The van der Waals surface area contributed by atoms with Crippen LogP contribution in [0.3, 0.4) is 0 Å². The average molecular weight is 305 g/mol. The predicted octanol–water partition coefficient (Wildman–Crippen LogP) is 1.74. The molecule has 0 spiro atoms. The van der Waals surface area contributed by atoms with Gasteiger partial charge in [-0.05, 0) is 40.2 Å². The molecular weight excluding hydrogens is 278 g/mol. The van der Waals surface area contributed by atoms with Gasteiger partial charge < -0.3 is 10.4 Å². The largest absolute Gasteiger partial charge is 0.394 e. The molecule has 0 bridgehead atoms. The smallest absolute Gasteiger partial charge is 0.0644 e. The Hall–Kier alpha value is -1.66. The maximum Gasteiger partial charge on any atom is 0.0644 e. The average Bonchev–Trinajstić information content (AvgIpc) is 3.02. The molecule has 2 N–H and O–H groups in total. The van der Waals surface area contributed by atoms with Crippen molar-refractivity contribution in [3.05, 3.63) is 34.9 Å². The fourth-order valence-corrected chi connectivity index (χ4v) is 2.62. The minimum absolute atomic E-state index is 0.112. The summed E-state index contributed by atoms with van der Waals surface area (Å²) in [7, 11) is 0. The minimum Gasteiger partial charge on any atom is -0.394 e. The first-order valence-electron chi connectivity index (χ1n) is 7.82. The molecule has 0 aliphatic carbocycles. The number of nitrogens with one attached hydrogen (secondary N) is 1. The number of hydrogen-bond donors (Lipinski definition) is 2. The van der Waals surface area contributed by atoms with E-state index in [4.69, 9.17) is 5.11 Å². The second-order valence-corrected chi connectivity index (χ2v) is 6.00. The summed E-state index contributed by atoms with van der Waals surface area (Å²) in [5.41, 5.74) is 4.53. The van der Waals surface area contributed by atoms with Crippen molar-refractivity contribution in [2.45, 2.75) is 59.8 Å². The summed E-state index contributed by atoms with van der Waals surface area (Å²) in [4.78, 5) is 0. The predicted molar refractivity (Wildman–Crippen MR) is 86.8 cm³/mol. The Balaban J connectivity index is 2.00. The van der Waals surface area contributed by atoms with Crippen LogP contribution in [0.2, 0.25) is 0 Å². The van der Waals surface area contributed by atoms with Crippen LogP contribution in [0.25, 0.3) is 0 Å². The third-order valence-corrected chi connectivity index (χ3v) is 4.32. The molecule has 0 aliphatic heterocycles. The highest BCUT2D eigenvalue weighted by Gasteiger charge is 2.17. The first-order chi connectivity index (χ1) is 10.4. The van der Waals surface area contributed by atoms with Crippen molar-refractivity contribution in [3.63, 3.8) is 0 Å². The molecule has 122 valence electrons. The van der Waals surface area contributed by atoms with E-state index >= 15 is 0 Å². The number of nitrogens with zero attached hydrogens (tertiary/aromatic N) is 4. The fraction of sp³-hybridized carbons (Fsp3) is 0.625. The molecule has 2 heterocycles. The summed E-state index contributed by atoms with van der Waals surface area (Å²) in [6.07, 6.45) is 3.95.